The van der Waals surface area contributed by atoms with Crippen LogP contribution >= 0.6 is 11.3 Å². The van der Waals surface area contributed by atoms with Crippen molar-refractivity contribution in [2.24, 2.45) is 0 Å². The Morgan fingerprint density at radius 2 is 1.53 bits per heavy atom. The third-order valence-corrected chi connectivity index (χ3v) is 6.22. The van der Waals surface area contributed by atoms with Crippen molar-refractivity contribution in [2.75, 3.05) is 5.32 Å². The van der Waals surface area contributed by atoms with E-state index in [1.807, 2.05) is 102 Å². The van der Waals surface area contributed by atoms with Gasteiger partial charge in [0.2, 0.25) is 11.7 Å². The number of rotatable bonds is 7. The summed E-state index contributed by atoms with van der Waals surface area (Å²) in [6.45, 7) is 0. The van der Waals surface area contributed by atoms with Crippen molar-refractivity contribution in [1.82, 2.24) is 15.5 Å². The molecule has 0 aliphatic rings. The highest BCUT2D eigenvalue weighted by Gasteiger charge is 2.18. The Morgan fingerprint density at radius 3 is 2.21 bits per heavy atom. The normalized spacial score (nSPS) is 10.9. The maximum atomic E-state index is 13.1. The van der Waals surface area contributed by atoms with Crippen LogP contribution in [0.1, 0.15) is 28.6 Å². The first-order valence-corrected chi connectivity index (χ1v) is 11.8. The zero-order valence-corrected chi connectivity index (χ0v) is 19.0. The van der Waals surface area contributed by atoms with E-state index in [4.69, 9.17) is 4.52 Å². The Kier molecular flexibility index (Phi) is 6.45. The molecule has 0 aliphatic carbocycles. The van der Waals surface area contributed by atoms with Gasteiger partial charge in [0.25, 0.3) is 0 Å². The van der Waals surface area contributed by atoms with E-state index < -0.39 is 0 Å². The van der Waals surface area contributed by atoms with Crippen LogP contribution in [0.15, 0.2) is 107 Å². The molecule has 5 aromatic rings. The molecule has 0 saturated heterocycles. The van der Waals surface area contributed by atoms with Crippen molar-refractivity contribution in [3.63, 3.8) is 0 Å². The number of anilines is 1. The van der Waals surface area contributed by atoms with Crippen LogP contribution in [0.2, 0.25) is 0 Å². The largest absolute Gasteiger partial charge is 0.339 e. The van der Waals surface area contributed by atoms with E-state index >= 15 is 0 Å². The molecule has 0 atom stereocenters. The number of carbonyl (C=O) groups excluding carboxylic acids is 1. The predicted molar refractivity (Wildman–Crippen MR) is 134 cm³/mol. The number of nitrogens with one attached hydrogen (secondary N) is 2. The standard InChI is InChI=1S/C27H22N4O2S/c32-27(30-25(19-10-3-1-4-11-19)20-12-5-2-6-13-20)28-22-15-8-7-14-21(22)18-24-29-26(31-33-24)23-16-9-17-34-23/h1-17,25H,18H2,(H2,28,30,32). The minimum atomic E-state index is -0.296. The van der Waals surface area contributed by atoms with Crippen molar-refractivity contribution in [3.05, 3.63) is 125 Å². The predicted octanol–water partition coefficient (Wildman–Crippen LogP) is 6.30. The number of carbonyl (C=O) groups is 1. The molecule has 0 radical (unpaired) electrons. The van der Waals surface area contributed by atoms with Gasteiger partial charge in [-0.25, -0.2) is 4.79 Å². The van der Waals surface area contributed by atoms with Gasteiger partial charge in [0, 0.05) is 5.69 Å². The van der Waals surface area contributed by atoms with Gasteiger partial charge in [0.05, 0.1) is 17.3 Å². The number of urea groups is 1. The van der Waals surface area contributed by atoms with Gasteiger partial charge in [0.15, 0.2) is 0 Å². The Morgan fingerprint density at radius 1 is 0.853 bits per heavy atom. The second-order valence-corrected chi connectivity index (χ2v) is 8.62. The van der Waals surface area contributed by atoms with Crippen LogP contribution in [0.25, 0.3) is 10.7 Å². The van der Waals surface area contributed by atoms with Gasteiger partial charge < -0.3 is 15.2 Å². The average molecular weight is 467 g/mol. The summed E-state index contributed by atoms with van der Waals surface area (Å²) in [5.74, 6) is 1.06. The Labute approximate surface area is 201 Å². The highest BCUT2D eigenvalue weighted by atomic mass is 32.1. The van der Waals surface area contributed by atoms with E-state index in [9.17, 15) is 4.79 Å². The van der Waals surface area contributed by atoms with Gasteiger partial charge in [-0.05, 0) is 34.2 Å². The van der Waals surface area contributed by atoms with Crippen LogP contribution in [0.4, 0.5) is 10.5 Å². The lowest BCUT2D eigenvalue weighted by Gasteiger charge is -2.21. The summed E-state index contributed by atoms with van der Waals surface area (Å²) in [6.07, 6.45) is 0.412. The molecule has 168 valence electrons. The summed E-state index contributed by atoms with van der Waals surface area (Å²) in [5.41, 5.74) is 3.58. The van der Waals surface area contributed by atoms with Gasteiger partial charge in [0.1, 0.15) is 0 Å². The molecule has 2 aromatic heterocycles. The van der Waals surface area contributed by atoms with E-state index in [2.05, 4.69) is 20.8 Å². The number of amides is 2. The molecule has 0 spiro atoms. The maximum Gasteiger partial charge on any atom is 0.319 e. The van der Waals surface area contributed by atoms with E-state index in [-0.39, 0.29) is 12.1 Å². The fourth-order valence-electron chi connectivity index (χ4n) is 3.73. The minimum absolute atomic E-state index is 0.279. The number of nitrogens with zero attached hydrogens (tertiary/aromatic N) is 2. The lowest BCUT2D eigenvalue weighted by Crippen LogP contribution is -2.33. The second kappa shape index (κ2) is 10.1. The molecule has 7 heteroatoms. The third kappa shape index (κ3) is 5.05. The second-order valence-electron chi connectivity index (χ2n) is 7.68. The highest BCUT2D eigenvalue weighted by Crippen LogP contribution is 2.25. The molecular weight excluding hydrogens is 444 g/mol. The smallest absolute Gasteiger partial charge is 0.319 e. The highest BCUT2D eigenvalue weighted by molar-refractivity contribution is 7.13. The fourth-order valence-corrected chi connectivity index (χ4v) is 4.38. The van der Waals surface area contributed by atoms with Crippen molar-refractivity contribution in [3.8, 4) is 10.7 Å². The molecule has 2 heterocycles. The number of hydrogen-bond donors (Lipinski definition) is 2. The first-order chi connectivity index (χ1) is 16.8. The zero-order chi connectivity index (χ0) is 23.2. The van der Waals surface area contributed by atoms with E-state index in [1.165, 1.54) is 0 Å². The van der Waals surface area contributed by atoms with E-state index in [0.29, 0.717) is 23.8 Å². The van der Waals surface area contributed by atoms with Gasteiger partial charge >= 0.3 is 6.03 Å². The molecule has 5 rings (SSSR count). The molecule has 2 amide bonds. The van der Waals surface area contributed by atoms with Crippen molar-refractivity contribution in [1.29, 1.82) is 0 Å². The van der Waals surface area contributed by atoms with E-state index in [0.717, 1.165) is 21.6 Å². The molecule has 6 nitrogen and oxygen atoms in total. The lowest BCUT2D eigenvalue weighted by atomic mass is 9.99. The van der Waals surface area contributed by atoms with E-state index in [1.54, 1.807) is 11.3 Å². The average Bonchev–Trinajstić information content (AvgIpc) is 3.57. The van der Waals surface area contributed by atoms with Gasteiger partial charge in [-0.2, -0.15) is 4.98 Å². The molecule has 2 N–H and O–H groups in total. The topological polar surface area (TPSA) is 80.1 Å². The number of para-hydroxylation sites is 1. The van der Waals surface area contributed by atoms with Crippen LogP contribution in [0, 0.1) is 0 Å². The molecular formula is C27H22N4O2S. The first kappa shape index (κ1) is 21.6. The quantitative estimate of drug-likeness (QED) is 0.295. The van der Waals surface area contributed by atoms with Crippen LogP contribution in [0.3, 0.4) is 0 Å². The molecule has 0 fully saturated rings. The summed E-state index contributed by atoms with van der Waals surface area (Å²) in [4.78, 5) is 18.5. The summed E-state index contributed by atoms with van der Waals surface area (Å²) >= 11 is 1.56. The summed E-state index contributed by atoms with van der Waals surface area (Å²) in [7, 11) is 0. The van der Waals surface area contributed by atoms with Crippen molar-refractivity contribution in [2.45, 2.75) is 12.5 Å². The molecule has 0 unspecified atom stereocenters. The Bertz CT molecular complexity index is 1310. The van der Waals surface area contributed by atoms with Gasteiger partial charge in [-0.3, -0.25) is 0 Å². The Balaban J connectivity index is 1.33. The SMILES string of the molecule is O=C(Nc1ccccc1Cc1nc(-c2cccs2)no1)NC(c1ccccc1)c1ccccc1. The van der Waals surface area contributed by atoms with Crippen LogP contribution in [-0.4, -0.2) is 16.2 Å². The first-order valence-electron chi connectivity index (χ1n) is 10.9. The van der Waals surface area contributed by atoms with Crippen molar-refractivity contribution < 1.29 is 9.32 Å². The summed E-state index contributed by atoms with van der Waals surface area (Å²) < 4.78 is 5.45. The number of benzene rings is 3. The minimum Gasteiger partial charge on any atom is -0.339 e. The van der Waals surface area contributed by atoms with Crippen LogP contribution in [0.5, 0.6) is 0 Å². The van der Waals surface area contributed by atoms with Crippen LogP contribution in [-0.2, 0) is 6.42 Å². The molecule has 0 aliphatic heterocycles. The number of thiophene rings is 1. The van der Waals surface area contributed by atoms with Crippen molar-refractivity contribution >= 4 is 23.1 Å². The molecule has 34 heavy (non-hydrogen) atoms. The Hall–Kier alpha value is -4.23. The van der Waals surface area contributed by atoms with Crippen LogP contribution < -0.4 is 10.6 Å². The monoisotopic (exact) mass is 466 g/mol. The zero-order valence-electron chi connectivity index (χ0n) is 18.2. The summed E-state index contributed by atoms with van der Waals surface area (Å²) in [5, 5.41) is 12.2. The summed E-state index contributed by atoms with van der Waals surface area (Å²) in [6, 6.07) is 30.8. The molecule has 3 aromatic carbocycles. The fraction of sp³-hybridized carbons (Fsp3) is 0.0741. The number of hydrogen-bond acceptors (Lipinski definition) is 5. The molecule has 0 saturated carbocycles. The van der Waals surface area contributed by atoms with Gasteiger partial charge in [-0.1, -0.05) is 90.1 Å². The lowest BCUT2D eigenvalue weighted by molar-refractivity contribution is 0.250. The molecule has 0 bridgehead atoms. The number of aromatic nitrogens is 2. The third-order valence-electron chi connectivity index (χ3n) is 5.36. The maximum absolute atomic E-state index is 13.1. The van der Waals surface area contributed by atoms with Gasteiger partial charge in [-0.15, -0.1) is 11.3 Å².